The number of nitrogens with one attached hydrogen (secondary N) is 1. The van der Waals surface area contributed by atoms with Gasteiger partial charge in [0.25, 0.3) is 0 Å². The highest BCUT2D eigenvalue weighted by Crippen LogP contribution is 2.38. The molecule has 2 aromatic carbocycles. The average molecular weight is 538 g/mol. The van der Waals surface area contributed by atoms with Crippen LogP contribution < -0.4 is 10.1 Å². The van der Waals surface area contributed by atoms with E-state index in [-0.39, 0.29) is 0 Å². The van der Waals surface area contributed by atoms with Crippen LogP contribution in [0.4, 0.5) is 0 Å². The number of halogens is 2. The number of hydrogen-bond acceptors (Lipinski definition) is 5. The fourth-order valence-electron chi connectivity index (χ4n) is 5.40. The molecule has 1 saturated heterocycles. The van der Waals surface area contributed by atoms with Crippen molar-refractivity contribution in [2.24, 2.45) is 0 Å². The molecule has 5 rings (SSSR count). The molecular formula is C29H42Cl2N2O3. The molecule has 0 aromatic heterocycles. The third-order valence-electron chi connectivity index (χ3n) is 7.77. The van der Waals surface area contributed by atoms with E-state index in [2.05, 4.69) is 41.5 Å². The number of aryl methyl sites for hydroxylation is 2. The highest BCUT2D eigenvalue weighted by Gasteiger charge is 2.31. The first-order chi connectivity index (χ1) is 17.4. The highest BCUT2D eigenvalue weighted by atomic mass is 35.5. The highest BCUT2D eigenvalue weighted by molar-refractivity contribution is 6.35. The summed E-state index contributed by atoms with van der Waals surface area (Å²) in [7, 11) is 2.11. The molecule has 0 unspecified atom stereocenters. The van der Waals surface area contributed by atoms with Crippen molar-refractivity contribution in [3.8, 4) is 5.75 Å². The van der Waals surface area contributed by atoms with Gasteiger partial charge in [-0.3, -0.25) is 10.5 Å². The maximum Gasteiger partial charge on any atom is 0.123 e. The molecule has 0 atom stereocenters. The molecule has 7 heteroatoms. The lowest BCUT2D eigenvalue weighted by Gasteiger charge is -2.41. The zero-order valence-corrected chi connectivity index (χ0v) is 23.4. The number of rotatable bonds is 5. The lowest BCUT2D eigenvalue weighted by Crippen LogP contribution is -2.45. The summed E-state index contributed by atoms with van der Waals surface area (Å²) in [4.78, 5) is 2.77. The molecule has 0 amide bonds. The molecule has 5 nitrogen and oxygen atoms in total. The second-order valence-corrected chi connectivity index (χ2v) is 11.1. The number of piperidine rings is 1. The van der Waals surface area contributed by atoms with Crippen LogP contribution in [0.3, 0.4) is 0 Å². The summed E-state index contributed by atoms with van der Waals surface area (Å²) in [6.07, 6.45) is 11.0. The number of hydrogen-bond donors (Lipinski definition) is 3. The van der Waals surface area contributed by atoms with Gasteiger partial charge in [-0.2, -0.15) is 0 Å². The van der Waals surface area contributed by atoms with Crippen molar-refractivity contribution in [2.45, 2.75) is 89.3 Å². The zero-order chi connectivity index (χ0) is 26.1. The molecule has 1 aliphatic heterocycles. The van der Waals surface area contributed by atoms with Gasteiger partial charge in [0, 0.05) is 22.1 Å². The molecule has 0 radical (unpaired) electrons. The molecule has 36 heavy (non-hydrogen) atoms. The predicted octanol–water partition coefficient (Wildman–Crippen LogP) is 7.57. The van der Waals surface area contributed by atoms with Gasteiger partial charge in [-0.1, -0.05) is 47.5 Å². The number of para-hydroxylation sites is 1. The van der Waals surface area contributed by atoms with Crippen LogP contribution in [-0.4, -0.2) is 53.7 Å². The van der Waals surface area contributed by atoms with Crippen LogP contribution in [0.1, 0.15) is 74.0 Å². The van der Waals surface area contributed by atoms with Crippen molar-refractivity contribution >= 4 is 23.2 Å². The quantitative estimate of drug-likeness (QED) is 0.271. The first-order valence-corrected chi connectivity index (χ1v) is 14.0. The Kier molecular flexibility index (Phi) is 11.8. The Morgan fingerprint density at radius 1 is 0.833 bits per heavy atom. The molecule has 3 aliphatic rings. The van der Waals surface area contributed by atoms with E-state index < -0.39 is 0 Å². The van der Waals surface area contributed by atoms with E-state index in [1.165, 1.54) is 70.0 Å². The van der Waals surface area contributed by atoms with Crippen LogP contribution in [-0.2, 0) is 0 Å². The second kappa shape index (κ2) is 14.6. The molecule has 2 aromatic rings. The van der Waals surface area contributed by atoms with Crippen molar-refractivity contribution in [3.63, 3.8) is 0 Å². The Bertz CT molecular complexity index is 888. The van der Waals surface area contributed by atoms with E-state index in [1.807, 2.05) is 19.9 Å². The van der Waals surface area contributed by atoms with Crippen LogP contribution in [0.25, 0.3) is 0 Å². The molecular weight excluding hydrogens is 495 g/mol. The van der Waals surface area contributed by atoms with Gasteiger partial charge in [-0.15, -0.1) is 0 Å². The monoisotopic (exact) mass is 536 g/mol. The summed E-state index contributed by atoms with van der Waals surface area (Å²) >= 11 is 11.6. The van der Waals surface area contributed by atoms with Gasteiger partial charge in [-0.25, -0.2) is 0 Å². The van der Waals surface area contributed by atoms with Gasteiger partial charge in [0.2, 0.25) is 0 Å². The number of likely N-dealkylation sites (tertiary alicyclic amines) is 1. The van der Waals surface area contributed by atoms with E-state index in [4.69, 9.17) is 38.5 Å². The predicted molar refractivity (Wildman–Crippen MR) is 150 cm³/mol. The minimum absolute atomic E-state index is 0.494. The van der Waals surface area contributed by atoms with Gasteiger partial charge in [0.05, 0.1) is 6.10 Å². The van der Waals surface area contributed by atoms with Gasteiger partial charge in [0.15, 0.2) is 0 Å². The summed E-state index contributed by atoms with van der Waals surface area (Å²) in [5, 5.41) is 16.9. The smallest absolute Gasteiger partial charge is 0.123 e. The standard InChI is InChI=1S/C21H32N2O.C8H8Cl2.H2O2/c1-22-17-6-8-18(9-7-17)23-14-12-16(13-15-23)20-4-2-3-5-21(20)24-19-10-11-19;1-5-3-6(2)8(10)4-7(5)9;1-2/h2-5,16-19,22H,6-15H2,1H3;3-4H,1-2H3;1-2H. The maximum atomic E-state index is 6.16. The van der Waals surface area contributed by atoms with Crippen molar-refractivity contribution in [1.82, 2.24) is 10.2 Å². The number of benzene rings is 2. The van der Waals surface area contributed by atoms with Crippen molar-refractivity contribution in [3.05, 3.63) is 63.1 Å². The van der Waals surface area contributed by atoms with Gasteiger partial charge < -0.3 is 15.0 Å². The van der Waals surface area contributed by atoms with Crippen LogP contribution in [0.2, 0.25) is 10.0 Å². The van der Waals surface area contributed by atoms with Crippen LogP contribution in [0, 0.1) is 13.8 Å². The molecule has 1 heterocycles. The summed E-state index contributed by atoms with van der Waals surface area (Å²) in [5.74, 6) is 1.85. The van der Waals surface area contributed by atoms with Crippen molar-refractivity contribution < 1.29 is 15.3 Å². The lowest BCUT2D eigenvalue weighted by atomic mass is 9.85. The van der Waals surface area contributed by atoms with E-state index in [0.29, 0.717) is 12.0 Å². The summed E-state index contributed by atoms with van der Waals surface area (Å²) < 4.78 is 6.16. The Morgan fingerprint density at radius 2 is 1.42 bits per heavy atom. The summed E-state index contributed by atoms with van der Waals surface area (Å²) in [5.41, 5.74) is 3.61. The van der Waals surface area contributed by atoms with E-state index in [9.17, 15) is 0 Å². The Hall–Kier alpha value is -1.34. The van der Waals surface area contributed by atoms with E-state index in [1.54, 1.807) is 6.07 Å². The van der Waals surface area contributed by atoms with Crippen LogP contribution in [0.15, 0.2) is 36.4 Å². The Labute approximate surface area is 226 Å². The topological polar surface area (TPSA) is 65.0 Å². The van der Waals surface area contributed by atoms with Gasteiger partial charge >= 0.3 is 0 Å². The first-order valence-electron chi connectivity index (χ1n) is 13.2. The lowest BCUT2D eigenvalue weighted by molar-refractivity contribution is -0.176. The third kappa shape index (κ3) is 8.34. The van der Waals surface area contributed by atoms with Gasteiger partial charge in [0.1, 0.15) is 5.75 Å². The summed E-state index contributed by atoms with van der Waals surface area (Å²) in [6.45, 7) is 6.45. The molecule has 0 bridgehead atoms. The molecule has 3 N–H and O–H groups in total. The SMILES string of the molecule is CNC1CCC(N2CCC(c3ccccc3OC3CC3)CC2)CC1.Cc1cc(C)c(Cl)cc1Cl.OO. The largest absolute Gasteiger partial charge is 0.490 e. The molecule has 2 saturated carbocycles. The number of ether oxygens (including phenoxy) is 1. The maximum absolute atomic E-state index is 6.16. The molecule has 2 aliphatic carbocycles. The van der Waals surface area contributed by atoms with E-state index in [0.717, 1.165) is 39.0 Å². The zero-order valence-electron chi connectivity index (χ0n) is 21.9. The van der Waals surface area contributed by atoms with Crippen LogP contribution >= 0.6 is 23.2 Å². The molecule has 0 spiro atoms. The molecule has 3 fully saturated rings. The average Bonchev–Trinajstić information content (AvgIpc) is 3.74. The van der Waals surface area contributed by atoms with Gasteiger partial charge in [-0.05, 0) is 120 Å². The normalized spacial score (nSPS) is 22.6. The second-order valence-electron chi connectivity index (χ2n) is 10.3. The fraction of sp³-hybridized carbons (Fsp3) is 0.586. The Morgan fingerprint density at radius 3 is 1.94 bits per heavy atom. The van der Waals surface area contributed by atoms with Crippen LogP contribution in [0.5, 0.6) is 5.75 Å². The molecule has 200 valence electrons. The number of nitrogens with zero attached hydrogens (tertiary/aromatic N) is 1. The first kappa shape index (κ1) is 29.2. The van der Waals surface area contributed by atoms with Crippen molar-refractivity contribution in [2.75, 3.05) is 20.1 Å². The minimum Gasteiger partial charge on any atom is -0.490 e. The minimum atomic E-state index is 0.494. The third-order valence-corrected chi connectivity index (χ3v) is 8.58. The summed E-state index contributed by atoms with van der Waals surface area (Å²) in [6, 6.07) is 14.1. The van der Waals surface area contributed by atoms with E-state index >= 15 is 0 Å². The Balaban J connectivity index is 0.000000253. The fourth-order valence-corrected chi connectivity index (χ4v) is 5.78. The van der Waals surface area contributed by atoms with Crippen molar-refractivity contribution in [1.29, 1.82) is 0 Å².